The first-order valence-electron chi connectivity index (χ1n) is 8.86. The molecule has 0 bridgehead atoms. The van der Waals surface area contributed by atoms with Crippen LogP contribution < -0.4 is 10.6 Å². The Balaban J connectivity index is 2.28. The fourth-order valence-electron chi connectivity index (χ4n) is 2.54. The molecule has 0 aromatic carbocycles. The Hall–Kier alpha value is -2.03. The zero-order valence-corrected chi connectivity index (χ0v) is 16.7. The number of amides is 2. The maximum Gasteiger partial charge on any atom is 0.352 e. The normalized spacial score (nSPS) is 19.1. The van der Waals surface area contributed by atoms with Crippen molar-refractivity contribution in [3.05, 3.63) is 11.8 Å². The molecule has 0 aliphatic heterocycles. The zero-order valence-electron chi connectivity index (χ0n) is 15.9. The topological polar surface area (TPSA) is 133 Å². The van der Waals surface area contributed by atoms with Gasteiger partial charge in [-0.05, 0) is 36.9 Å². The third kappa shape index (κ3) is 8.47. The van der Waals surface area contributed by atoms with Crippen LogP contribution in [0.1, 0.15) is 46.5 Å². The molecular weight excluding hydrogens is 372 g/mol. The lowest BCUT2D eigenvalue weighted by molar-refractivity contribution is -0.140. The zero-order chi connectivity index (χ0) is 20.6. The summed E-state index contributed by atoms with van der Waals surface area (Å²) in [5, 5.41) is 23.1. The van der Waals surface area contributed by atoms with Crippen molar-refractivity contribution in [3.8, 4) is 0 Å². The van der Waals surface area contributed by atoms with Gasteiger partial charge in [-0.1, -0.05) is 19.9 Å². The average Bonchev–Trinajstić information content (AvgIpc) is 3.19. The number of hydrogen-bond donors (Lipinski definition) is 4. The summed E-state index contributed by atoms with van der Waals surface area (Å²) in [6, 6.07) is -0.909. The van der Waals surface area contributed by atoms with Crippen LogP contribution in [0.5, 0.6) is 0 Å². The molecule has 9 heteroatoms. The van der Waals surface area contributed by atoms with Crippen molar-refractivity contribution < 1.29 is 29.4 Å². The van der Waals surface area contributed by atoms with Gasteiger partial charge in [-0.15, -0.1) is 0 Å². The highest BCUT2D eigenvalue weighted by Crippen LogP contribution is 2.51. The Kier molecular flexibility index (Phi) is 8.81. The van der Waals surface area contributed by atoms with E-state index in [0.29, 0.717) is 18.6 Å². The van der Waals surface area contributed by atoms with E-state index in [1.165, 1.54) is 24.8 Å². The highest BCUT2D eigenvalue weighted by Gasteiger charge is 2.50. The molecule has 1 aliphatic rings. The van der Waals surface area contributed by atoms with Crippen molar-refractivity contribution in [2.24, 2.45) is 11.3 Å². The van der Waals surface area contributed by atoms with Crippen molar-refractivity contribution >= 4 is 35.5 Å². The van der Waals surface area contributed by atoms with Gasteiger partial charge < -0.3 is 20.8 Å². The first kappa shape index (κ1) is 23.0. The van der Waals surface area contributed by atoms with Crippen LogP contribution in [0.15, 0.2) is 11.8 Å². The van der Waals surface area contributed by atoms with Crippen molar-refractivity contribution in [3.63, 3.8) is 0 Å². The molecule has 1 fully saturated rings. The van der Waals surface area contributed by atoms with Crippen LogP contribution in [-0.2, 0) is 19.2 Å². The van der Waals surface area contributed by atoms with Gasteiger partial charge in [0.2, 0.25) is 11.8 Å². The predicted octanol–water partition coefficient (Wildman–Crippen LogP) is 1.61. The van der Waals surface area contributed by atoms with Gasteiger partial charge >= 0.3 is 11.9 Å². The molecule has 4 N–H and O–H groups in total. The number of unbranched alkanes of at least 4 members (excludes halogenated alkanes) is 2. The number of allylic oxidation sites excluding steroid dienone is 1. The predicted molar refractivity (Wildman–Crippen MR) is 102 cm³/mol. The molecule has 8 nitrogen and oxygen atoms in total. The molecule has 2 atom stereocenters. The molecule has 0 saturated heterocycles. The average molecular weight is 400 g/mol. The van der Waals surface area contributed by atoms with E-state index >= 15 is 0 Å². The summed E-state index contributed by atoms with van der Waals surface area (Å²) in [6.07, 6.45) is 4.26. The number of carboxylic acids is 2. The molecule has 1 rings (SSSR count). The SMILES string of the molecule is CC(=O)NC(CSCCCC/C=C(\NC(=O)C1CC1(C)C)C(=O)O)C(=O)O. The number of aliphatic carboxylic acids is 2. The van der Waals surface area contributed by atoms with Gasteiger partial charge in [0.15, 0.2) is 0 Å². The molecule has 0 spiro atoms. The summed E-state index contributed by atoms with van der Waals surface area (Å²) in [5.41, 5.74) is -0.150. The van der Waals surface area contributed by atoms with Gasteiger partial charge in [0.05, 0.1) is 0 Å². The molecule has 1 saturated carbocycles. The minimum Gasteiger partial charge on any atom is -0.480 e. The standard InChI is InChI=1S/C18H28N2O6S/c1-11(21)19-14(17(25)26)10-27-8-6-4-5-7-13(16(23)24)20-15(22)12-9-18(12,2)3/h7,12,14H,4-6,8-10H2,1-3H3,(H,19,21)(H,20,22)(H,23,24)(H,25,26)/b13-7-. The van der Waals surface area contributed by atoms with Crippen molar-refractivity contribution in [2.45, 2.75) is 52.5 Å². The van der Waals surface area contributed by atoms with E-state index in [1.807, 2.05) is 13.8 Å². The van der Waals surface area contributed by atoms with Gasteiger partial charge in [-0.25, -0.2) is 9.59 Å². The molecule has 27 heavy (non-hydrogen) atoms. The molecule has 0 radical (unpaired) electrons. The number of carbonyl (C=O) groups is 4. The summed E-state index contributed by atoms with van der Waals surface area (Å²) >= 11 is 1.42. The first-order valence-corrected chi connectivity index (χ1v) is 10.0. The van der Waals surface area contributed by atoms with Gasteiger partial charge in [0.1, 0.15) is 11.7 Å². The highest BCUT2D eigenvalue weighted by atomic mass is 32.2. The van der Waals surface area contributed by atoms with E-state index in [0.717, 1.165) is 12.8 Å². The molecule has 0 aromatic rings. The lowest BCUT2D eigenvalue weighted by Gasteiger charge is -2.12. The fraction of sp³-hybridized carbons (Fsp3) is 0.667. The van der Waals surface area contributed by atoms with Gasteiger partial charge in [0.25, 0.3) is 0 Å². The minimum atomic E-state index is -1.16. The molecule has 152 valence electrons. The van der Waals surface area contributed by atoms with Crippen LogP contribution in [0.4, 0.5) is 0 Å². The molecule has 1 aliphatic carbocycles. The largest absolute Gasteiger partial charge is 0.480 e. The third-order valence-corrected chi connectivity index (χ3v) is 5.52. The van der Waals surface area contributed by atoms with E-state index in [1.54, 1.807) is 0 Å². The number of thioether (sulfide) groups is 1. The van der Waals surface area contributed by atoms with Crippen LogP contribution in [0, 0.1) is 11.3 Å². The second-order valence-electron chi connectivity index (χ2n) is 7.32. The van der Waals surface area contributed by atoms with Gasteiger partial charge in [-0.2, -0.15) is 11.8 Å². The summed E-state index contributed by atoms with van der Waals surface area (Å²) in [6.45, 7) is 5.22. The second-order valence-corrected chi connectivity index (χ2v) is 8.47. The van der Waals surface area contributed by atoms with Gasteiger partial charge in [-0.3, -0.25) is 9.59 Å². The Labute approximate surface area is 163 Å². The molecule has 2 unspecified atom stereocenters. The molecule has 0 aromatic heterocycles. The number of hydrogen-bond acceptors (Lipinski definition) is 5. The van der Waals surface area contributed by atoms with Crippen molar-refractivity contribution in [1.82, 2.24) is 10.6 Å². The first-order chi connectivity index (χ1) is 12.5. The maximum absolute atomic E-state index is 12.0. The number of carbonyl (C=O) groups excluding carboxylic acids is 2. The van der Waals surface area contributed by atoms with Crippen LogP contribution >= 0.6 is 11.8 Å². The highest BCUT2D eigenvalue weighted by molar-refractivity contribution is 7.99. The van der Waals surface area contributed by atoms with Crippen LogP contribution in [-0.4, -0.2) is 51.5 Å². The summed E-state index contributed by atoms with van der Waals surface area (Å²) in [5.74, 6) is -2.02. The lowest BCUT2D eigenvalue weighted by Crippen LogP contribution is -2.41. The van der Waals surface area contributed by atoms with Crippen LogP contribution in [0.3, 0.4) is 0 Å². The molecule has 2 amide bonds. The van der Waals surface area contributed by atoms with E-state index in [2.05, 4.69) is 10.6 Å². The Morgan fingerprint density at radius 3 is 2.33 bits per heavy atom. The van der Waals surface area contributed by atoms with Crippen LogP contribution in [0.2, 0.25) is 0 Å². The van der Waals surface area contributed by atoms with Gasteiger partial charge in [0, 0.05) is 18.6 Å². The fourth-order valence-corrected chi connectivity index (χ4v) is 3.58. The number of carboxylic acid groups (broad SMARTS) is 2. The van der Waals surface area contributed by atoms with E-state index < -0.39 is 18.0 Å². The Morgan fingerprint density at radius 1 is 1.22 bits per heavy atom. The van der Waals surface area contributed by atoms with E-state index in [9.17, 15) is 24.3 Å². The Bertz CT molecular complexity index is 617. The van der Waals surface area contributed by atoms with E-state index in [4.69, 9.17) is 5.11 Å². The summed E-state index contributed by atoms with van der Waals surface area (Å²) < 4.78 is 0. The van der Waals surface area contributed by atoms with E-state index in [-0.39, 0.29) is 34.6 Å². The third-order valence-electron chi connectivity index (χ3n) is 4.37. The lowest BCUT2D eigenvalue weighted by atomic mass is 10.1. The maximum atomic E-state index is 12.0. The van der Waals surface area contributed by atoms with Crippen molar-refractivity contribution in [2.75, 3.05) is 11.5 Å². The summed E-state index contributed by atoms with van der Waals surface area (Å²) in [4.78, 5) is 45.2. The summed E-state index contributed by atoms with van der Waals surface area (Å²) in [7, 11) is 0. The smallest absolute Gasteiger partial charge is 0.352 e. The number of rotatable bonds is 12. The monoisotopic (exact) mass is 400 g/mol. The Morgan fingerprint density at radius 2 is 1.85 bits per heavy atom. The minimum absolute atomic E-state index is 0.0595. The molecule has 0 heterocycles. The van der Waals surface area contributed by atoms with Crippen molar-refractivity contribution in [1.29, 1.82) is 0 Å². The van der Waals surface area contributed by atoms with Crippen LogP contribution in [0.25, 0.3) is 0 Å². The number of nitrogens with one attached hydrogen (secondary N) is 2. The quantitative estimate of drug-likeness (QED) is 0.289. The molecular formula is C18H28N2O6S. The second kappa shape index (κ2) is 10.3.